The van der Waals surface area contributed by atoms with E-state index in [1.807, 2.05) is 11.6 Å². The molecule has 1 aromatic rings. The first-order chi connectivity index (χ1) is 10.2. The van der Waals surface area contributed by atoms with Crippen molar-refractivity contribution in [3.63, 3.8) is 0 Å². The Morgan fingerprint density at radius 3 is 2.86 bits per heavy atom. The van der Waals surface area contributed by atoms with E-state index >= 15 is 0 Å². The number of carbonyl (C=O) groups is 1. The smallest absolute Gasteiger partial charge is 0.317 e. The van der Waals surface area contributed by atoms with E-state index in [4.69, 9.17) is 0 Å². The average molecular weight is 293 g/mol. The summed E-state index contributed by atoms with van der Waals surface area (Å²) < 4.78 is 1.92. The topological polar surface area (TPSA) is 83.3 Å². The number of amides is 2. The molecule has 1 fully saturated rings. The zero-order valence-corrected chi connectivity index (χ0v) is 12.5. The quantitative estimate of drug-likeness (QED) is 0.822. The third-order valence-corrected chi connectivity index (χ3v) is 4.30. The Morgan fingerprint density at radius 2 is 2.14 bits per heavy atom. The molecule has 2 aliphatic rings. The van der Waals surface area contributed by atoms with Crippen molar-refractivity contribution < 1.29 is 9.90 Å². The first-order valence-electron chi connectivity index (χ1n) is 7.81. The van der Waals surface area contributed by atoms with Gasteiger partial charge in [-0.1, -0.05) is 6.92 Å². The van der Waals surface area contributed by atoms with Gasteiger partial charge in [-0.15, -0.1) is 0 Å². The summed E-state index contributed by atoms with van der Waals surface area (Å²) in [5.41, 5.74) is 0. The van der Waals surface area contributed by atoms with E-state index in [1.165, 1.54) is 0 Å². The molecule has 2 N–H and O–H groups in total. The van der Waals surface area contributed by atoms with E-state index in [9.17, 15) is 9.90 Å². The lowest BCUT2D eigenvalue weighted by molar-refractivity contribution is 0.0922. The summed E-state index contributed by atoms with van der Waals surface area (Å²) in [4.78, 5) is 18.5. The van der Waals surface area contributed by atoms with Crippen molar-refractivity contribution in [2.75, 3.05) is 13.1 Å². The van der Waals surface area contributed by atoms with E-state index in [-0.39, 0.29) is 18.2 Å². The largest absolute Gasteiger partial charge is 0.393 e. The first-order valence-corrected chi connectivity index (χ1v) is 7.81. The molecule has 0 bridgehead atoms. The van der Waals surface area contributed by atoms with Gasteiger partial charge in [-0.25, -0.2) is 14.5 Å². The second kappa shape index (κ2) is 6.01. The van der Waals surface area contributed by atoms with Crippen LogP contribution in [0.2, 0.25) is 0 Å². The molecule has 3 rings (SSSR count). The molecule has 0 radical (unpaired) electrons. The van der Waals surface area contributed by atoms with Gasteiger partial charge in [0.1, 0.15) is 5.82 Å². The highest BCUT2D eigenvalue weighted by atomic mass is 16.3. The molecule has 1 saturated heterocycles. The molecule has 7 nitrogen and oxygen atoms in total. The number of hydrogen-bond acceptors (Lipinski definition) is 4. The summed E-state index contributed by atoms with van der Waals surface area (Å²) in [5.74, 6) is 1.90. The molecule has 3 heterocycles. The number of aryl methyl sites for hydroxylation is 2. The van der Waals surface area contributed by atoms with Crippen LogP contribution in [-0.4, -0.2) is 56.0 Å². The Bertz CT molecular complexity index is 507. The van der Waals surface area contributed by atoms with Gasteiger partial charge in [0, 0.05) is 25.9 Å². The van der Waals surface area contributed by atoms with Crippen LogP contribution in [-0.2, 0) is 19.4 Å². The molecule has 116 valence electrons. The summed E-state index contributed by atoms with van der Waals surface area (Å²) in [5, 5.41) is 17.0. The zero-order chi connectivity index (χ0) is 14.8. The van der Waals surface area contributed by atoms with Gasteiger partial charge in [0.25, 0.3) is 0 Å². The first kappa shape index (κ1) is 14.3. The van der Waals surface area contributed by atoms with Crippen molar-refractivity contribution in [2.45, 2.75) is 57.7 Å². The molecule has 21 heavy (non-hydrogen) atoms. The number of hydrogen-bond donors (Lipinski definition) is 2. The van der Waals surface area contributed by atoms with Gasteiger partial charge >= 0.3 is 6.03 Å². The third-order valence-electron chi connectivity index (χ3n) is 4.30. The zero-order valence-electron chi connectivity index (χ0n) is 12.5. The maximum absolute atomic E-state index is 12.2. The Balaban J connectivity index is 1.55. The van der Waals surface area contributed by atoms with E-state index < -0.39 is 0 Å². The highest BCUT2D eigenvalue weighted by molar-refractivity contribution is 5.74. The molecule has 0 saturated carbocycles. The number of aromatic nitrogens is 3. The predicted molar refractivity (Wildman–Crippen MR) is 76.9 cm³/mol. The van der Waals surface area contributed by atoms with Crippen molar-refractivity contribution in [3.05, 3.63) is 11.6 Å². The molecule has 0 aromatic carbocycles. The number of likely N-dealkylation sites (tertiary alicyclic amines) is 1. The minimum atomic E-state index is -0.256. The fourth-order valence-electron chi connectivity index (χ4n) is 2.96. The third kappa shape index (κ3) is 3.18. The second-order valence-corrected chi connectivity index (χ2v) is 5.88. The lowest BCUT2D eigenvalue weighted by Crippen LogP contribution is -2.50. The van der Waals surface area contributed by atoms with Gasteiger partial charge < -0.3 is 15.3 Å². The number of piperidine rings is 1. The Morgan fingerprint density at radius 1 is 1.38 bits per heavy atom. The van der Waals surface area contributed by atoms with Crippen LogP contribution in [0.15, 0.2) is 0 Å². The van der Waals surface area contributed by atoms with Crippen LogP contribution < -0.4 is 5.32 Å². The number of aliphatic hydroxyl groups excluding tert-OH is 1. The van der Waals surface area contributed by atoms with Crippen LogP contribution in [0.4, 0.5) is 4.79 Å². The molecular formula is C14H23N5O2. The van der Waals surface area contributed by atoms with Gasteiger partial charge in [0.05, 0.1) is 18.7 Å². The standard InChI is InChI=1S/C14H23N5O2/c1-2-12-16-13-4-3-10(9-19(13)17-12)15-14(21)18-7-5-11(20)6-8-18/h10-11,20H,2-9H2,1H3,(H,15,21)/t10-/m1/s1. The van der Waals surface area contributed by atoms with Gasteiger partial charge in [-0.3, -0.25) is 0 Å². The average Bonchev–Trinajstić information content (AvgIpc) is 2.90. The van der Waals surface area contributed by atoms with Crippen molar-refractivity contribution in [2.24, 2.45) is 0 Å². The predicted octanol–water partition coefficient (Wildman–Crippen LogP) is 0.322. The fraction of sp³-hybridized carbons (Fsp3) is 0.786. The summed E-state index contributed by atoms with van der Waals surface area (Å²) >= 11 is 0. The molecule has 2 amide bonds. The summed E-state index contributed by atoms with van der Waals surface area (Å²) in [6, 6.07) is 0.0921. The number of urea groups is 1. The van der Waals surface area contributed by atoms with Crippen LogP contribution in [0.1, 0.15) is 37.8 Å². The van der Waals surface area contributed by atoms with Crippen LogP contribution in [0.3, 0.4) is 0 Å². The lowest BCUT2D eigenvalue weighted by atomic mass is 10.1. The van der Waals surface area contributed by atoms with Crippen molar-refractivity contribution in [1.29, 1.82) is 0 Å². The second-order valence-electron chi connectivity index (χ2n) is 5.88. The molecule has 1 aromatic heterocycles. The monoisotopic (exact) mass is 293 g/mol. The molecule has 2 aliphatic heterocycles. The summed E-state index contributed by atoms with van der Waals surface area (Å²) in [6.45, 7) is 4.01. The van der Waals surface area contributed by atoms with Crippen LogP contribution >= 0.6 is 0 Å². The number of aliphatic hydroxyl groups is 1. The summed E-state index contributed by atoms with van der Waals surface area (Å²) in [7, 11) is 0. The highest BCUT2D eigenvalue weighted by Gasteiger charge is 2.26. The minimum Gasteiger partial charge on any atom is -0.393 e. The highest BCUT2D eigenvalue weighted by Crippen LogP contribution is 2.15. The summed E-state index contributed by atoms with van der Waals surface area (Å²) in [6.07, 6.45) is 3.69. The number of nitrogens with one attached hydrogen (secondary N) is 1. The molecular weight excluding hydrogens is 270 g/mol. The van der Waals surface area contributed by atoms with Crippen molar-refractivity contribution >= 4 is 6.03 Å². The SMILES string of the molecule is CCc1nc2n(n1)C[C@H](NC(=O)N1CCC(O)CC1)CC2. The molecule has 0 spiro atoms. The van der Waals surface area contributed by atoms with E-state index in [0.717, 1.165) is 30.9 Å². The van der Waals surface area contributed by atoms with Gasteiger partial charge in [-0.05, 0) is 19.3 Å². The Kier molecular flexibility index (Phi) is 4.10. The molecule has 1 atom stereocenters. The van der Waals surface area contributed by atoms with Crippen LogP contribution in [0.5, 0.6) is 0 Å². The van der Waals surface area contributed by atoms with Crippen LogP contribution in [0.25, 0.3) is 0 Å². The molecule has 0 aliphatic carbocycles. The lowest BCUT2D eigenvalue weighted by Gasteiger charge is -2.32. The van der Waals surface area contributed by atoms with Crippen LogP contribution in [0, 0.1) is 0 Å². The van der Waals surface area contributed by atoms with Gasteiger partial charge in [-0.2, -0.15) is 5.10 Å². The number of rotatable bonds is 2. The minimum absolute atomic E-state index is 0.0221. The fourth-order valence-corrected chi connectivity index (χ4v) is 2.96. The number of nitrogens with zero attached hydrogens (tertiary/aromatic N) is 4. The van der Waals surface area contributed by atoms with Crippen molar-refractivity contribution in [3.8, 4) is 0 Å². The van der Waals surface area contributed by atoms with E-state index in [2.05, 4.69) is 15.4 Å². The number of carbonyl (C=O) groups excluding carboxylic acids is 1. The van der Waals surface area contributed by atoms with E-state index in [0.29, 0.717) is 32.5 Å². The molecule has 7 heteroatoms. The number of fused-ring (bicyclic) bond motifs is 1. The van der Waals surface area contributed by atoms with Crippen molar-refractivity contribution in [1.82, 2.24) is 25.0 Å². The Labute approximate surface area is 124 Å². The maximum Gasteiger partial charge on any atom is 0.317 e. The van der Waals surface area contributed by atoms with Gasteiger partial charge in [0.2, 0.25) is 0 Å². The Hall–Kier alpha value is -1.63. The molecule has 0 unspecified atom stereocenters. The maximum atomic E-state index is 12.2. The van der Waals surface area contributed by atoms with E-state index in [1.54, 1.807) is 4.90 Å². The van der Waals surface area contributed by atoms with Gasteiger partial charge in [0.15, 0.2) is 5.82 Å². The normalized spacial score (nSPS) is 23.0.